The van der Waals surface area contributed by atoms with Crippen LogP contribution in [-0.2, 0) is 6.42 Å². The number of nitrogens with one attached hydrogen (secondary N) is 1. The van der Waals surface area contributed by atoms with Gasteiger partial charge in [-0.3, -0.25) is 14.8 Å². The van der Waals surface area contributed by atoms with Gasteiger partial charge in [0.1, 0.15) is 0 Å². The monoisotopic (exact) mass is 394 g/mol. The fraction of sp³-hybridized carbons (Fsp3) is 0.560. The Labute approximate surface area is 176 Å². The lowest BCUT2D eigenvalue weighted by molar-refractivity contribution is 0.281. The molecule has 0 spiro atoms. The highest BCUT2D eigenvalue weighted by atomic mass is 15.4. The van der Waals surface area contributed by atoms with E-state index in [2.05, 4.69) is 79.3 Å². The molecule has 1 aromatic heterocycles. The lowest BCUT2D eigenvalue weighted by atomic mass is 9.88. The van der Waals surface area contributed by atoms with Crippen LogP contribution >= 0.6 is 0 Å². The summed E-state index contributed by atoms with van der Waals surface area (Å²) in [4.78, 5) is 13.1. The number of aliphatic imine (C=N–C) groups is 1. The minimum Gasteiger partial charge on any atom is -0.361 e. The zero-order chi connectivity index (χ0) is 20.6. The number of allylic oxidation sites excluding steroid dienone is 1. The lowest BCUT2D eigenvalue weighted by Gasteiger charge is -2.17. The predicted molar refractivity (Wildman–Crippen MR) is 126 cm³/mol. The van der Waals surface area contributed by atoms with Gasteiger partial charge in [0.2, 0.25) is 0 Å². The third-order valence-corrected chi connectivity index (χ3v) is 6.21. The standard InChI is InChI=1S/C25H38N4/c1-5-6-9-22(16-23-18-27-25-11-8-7-10-24(23)25)20(2)17-26-21(3)12-13-29-15-14-28(4)19-29/h7-8,10-11,17-18,22,27H,5-6,9,12-16,19H2,1-4H3/b20-17+,26-21?. The molecule has 1 unspecified atom stereocenters. The third kappa shape index (κ3) is 6.28. The van der Waals surface area contributed by atoms with Crippen LogP contribution < -0.4 is 0 Å². The van der Waals surface area contributed by atoms with Crippen molar-refractivity contribution in [2.24, 2.45) is 10.9 Å². The van der Waals surface area contributed by atoms with Gasteiger partial charge in [0.05, 0.1) is 6.67 Å². The molecule has 0 saturated carbocycles. The summed E-state index contributed by atoms with van der Waals surface area (Å²) in [5.41, 5.74) is 5.30. The highest BCUT2D eigenvalue weighted by Crippen LogP contribution is 2.27. The molecule has 158 valence electrons. The van der Waals surface area contributed by atoms with Gasteiger partial charge < -0.3 is 4.98 Å². The molecule has 0 amide bonds. The van der Waals surface area contributed by atoms with Crippen molar-refractivity contribution in [3.05, 3.63) is 47.8 Å². The van der Waals surface area contributed by atoms with Gasteiger partial charge in [-0.1, -0.05) is 43.5 Å². The van der Waals surface area contributed by atoms with E-state index in [4.69, 9.17) is 4.99 Å². The van der Waals surface area contributed by atoms with Gasteiger partial charge in [-0.25, -0.2) is 0 Å². The first-order chi connectivity index (χ1) is 14.1. The molecule has 1 atom stereocenters. The number of fused-ring (bicyclic) bond motifs is 1. The summed E-state index contributed by atoms with van der Waals surface area (Å²) in [6.07, 6.45) is 10.2. The van der Waals surface area contributed by atoms with Crippen molar-refractivity contribution < 1.29 is 0 Å². The van der Waals surface area contributed by atoms with Crippen LogP contribution in [0.15, 0.2) is 47.2 Å². The maximum absolute atomic E-state index is 4.83. The summed E-state index contributed by atoms with van der Waals surface area (Å²) in [6.45, 7) is 11.3. The Bertz CT molecular complexity index is 832. The molecule has 1 aromatic carbocycles. The molecule has 1 aliphatic rings. The summed E-state index contributed by atoms with van der Waals surface area (Å²) in [6, 6.07) is 8.62. The minimum absolute atomic E-state index is 0.554. The molecule has 4 heteroatoms. The second kappa shape index (κ2) is 10.7. The van der Waals surface area contributed by atoms with Gasteiger partial charge in [0, 0.05) is 48.6 Å². The molecule has 0 aliphatic carbocycles. The van der Waals surface area contributed by atoms with Crippen LogP contribution in [-0.4, -0.2) is 53.8 Å². The van der Waals surface area contributed by atoms with Crippen molar-refractivity contribution >= 4 is 16.6 Å². The Kier molecular flexibility index (Phi) is 8.08. The number of nitrogens with zero attached hydrogens (tertiary/aromatic N) is 3. The molecule has 4 nitrogen and oxygen atoms in total. The second-order valence-corrected chi connectivity index (χ2v) is 8.73. The zero-order valence-corrected chi connectivity index (χ0v) is 18.7. The largest absolute Gasteiger partial charge is 0.361 e. The average molecular weight is 395 g/mol. The van der Waals surface area contributed by atoms with E-state index in [9.17, 15) is 0 Å². The molecule has 0 radical (unpaired) electrons. The SMILES string of the molecule is CCCCC(Cc1c[nH]c2ccccc12)/C(C)=C/N=C(C)CCN1CCN(C)C1. The molecule has 1 aliphatic heterocycles. The minimum atomic E-state index is 0.554. The highest BCUT2D eigenvalue weighted by molar-refractivity contribution is 5.83. The first kappa shape index (κ1) is 21.8. The molecule has 2 heterocycles. The Morgan fingerprint density at radius 1 is 1.24 bits per heavy atom. The van der Waals surface area contributed by atoms with Gasteiger partial charge in [0.15, 0.2) is 0 Å². The molecule has 29 heavy (non-hydrogen) atoms. The summed E-state index contributed by atoms with van der Waals surface area (Å²) >= 11 is 0. The van der Waals surface area contributed by atoms with Gasteiger partial charge >= 0.3 is 0 Å². The van der Waals surface area contributed by atoms with Crippen molar-refractivity contribution in [3.8, 4) is 0 Å². The first-order valence-corrected chi connectivity index (χ1v) is 11.2. The summed E-state index contributed by atoms with van der Waals surface area (Å²) in [5, 5.41) is 1.36. The molecule has 1 N–H and O–H groups in total. The van der Waals surface area contributed by atoms with Crippen LogP contribution in [0.2, 0.25) is 0 Å². The van der Waals surface area contributed by atoms with Crippen molar-refractivity contribution in [2.75, 3.05) is 33.4 Å². The van der Waals surface area contributed by atoms with E-state index in [0.29, 0.717) is 5.92 Å². The molecular formula is C25H38N4. The normalized spacial score (nSPS) is 18.1. The van der Waals surface area contributed by atoms with Gasteiger partial charge in [-0.15, -0.1) is 0 Å². The van der Waals surface area contributed by atoms with Gasteiger partial charge in [-0.05, 0) is 57.7 Å². The number of benzene rings is 1. The quantitative estimate of drug-likeness (QED) is 0.542. The van der Waals surface area contributed by atoms with E-state index in [0.717, 1.165) is 26.1 Å². The van der Waals surface area contributed by atoms with Crippen molar-refractivity contribution in [1.82, 2.24) is 14.8 Å². The van der Waals surface area contributed by atoms with E-state index >= 15 is 0 Å². The smallest absolute Gasteiger partial charge is 0.0504 e. The number of aromatic amines is 1. The van der Waals surface area contributed by atoms with Crippen LogP contribution in [0.1, 0.15) is 52.0 Å². The highest BCUT2D eigenvalue weighted by Gasteiger charge is 2.16. The van der Waals surface area contributed by atoms with E-state index in [1.54, 1.807) is 0 Å². The summed E-state index contributed by atoms with van der Waals surface area (Å²) < 4.78 is 0. The molecular weight excluding hydrogens is 356 g/mol. The van der Waals surface area contributed by atoms with Crippen LogP contribution in [0.5, 0.6) is 0 Å². The van der Waals surface area contributed by atoms with Crippen molar-refractivity contribution in [3.63, 3.8) is 0 Å². The molecule has 0 bridgehead atoms. The number of likely N-dealkylation sites (N-methyl/N-ethyl adjacent to an activating group) is 1. The Balaban J connectivity index is 1.63. The fourth-order valence-electron chi connectivity index (χ4n) is 4.19. The zero-order valence-electron chi connectivity index (χ0n) is 18.7. The van der Waals surface area contributed by atoms with Gasteiger partial charge in [0.25, 0.3) is 0 Å². The summed E-state index contributed by atoms with van der Waals surface area (Å²) in [5.74, 6) is 0.554. The average Bonchev–Trinajstić information content (AvgIpc) is 3.33. The molecule has 3 rings (SSSR count). The third-order valence-electron chi connectivity index (χ3n) is 6.21. The van der Waals surface area contributed by atoms with E-state index < -0.39 is 0 Å². The van der Waals surface area contributed by atoms with E-state index in [1.165, 1.54) is 60.1 Å². The number of H-pyrrole nitrogens is 1. The van der Waals surface area contributed by atoms with Crippen molar-refractivity contribution in [1.29, 1.82) is 0 Å². The van der Waals surface area contributed by atoms with Crippen molar-refractivity contribution in [2.45, 2.75) is 52.9 Å². The van der Waals surface area contributed by atoms with Crippen LogP contribution in [0.3, 0.4) is 0 Å². The second-order valence-electron chi connectivity index (χ2n) is 8.73. The maximum Gasteiger partial charge on any atom is 0.0504 e. The number of unbranched alkanes of at least 4 members (excludes halogenated alkanes) is 1. The van der Waals surface area contributed by atoms with Crippen LogP contribution in [0.25, 0.3) is 10.9 Å². The molecule has 2 aromatic rings. The molecule has 1 saturated heterocycles. The van der Waals surface area contributed by atoms with Crippen LogP contribution in [0.4, 0.5) is 0 Å². The summed E-state index contributed by atoms with van der Waals surface area (Å²) in [7, 11) is 2.19. The molecule has 1 fully saturated rings. The number of para-hydroxylation sites is 1. The van der Waals surface area contributed by atoms with E-state index in [1.807, 2.05) is 0 Å². The maximum atomic E-state index is 4.83. The number of hydrogen-bond donors (Lipinski definition) is 1. The Hall–Kier alpha value is -1.91. The number of aromatic nitrogens is 1. The number of hydrogen-bond acceptors (Lipinski definition) is 3. The number of rotatable bonds is 10. The Morgan fingerprint density at radius 3 is 2.83 bits per heavy atom. The van der Waals surface area contributed by atoms with E-state index in [-0.39, 0.29) is 0 Å². The van der Waals surface area contributed by atoms with Crippen LogP contribution in [0, 0.1) is 5.92 Å². The first-order valence-electron chi connectivity index (χ1n) is 11.2. The topological polar surface area (TPSA) is 34.6 Å². The Morgan fingerprint density at radius 2 is 2.07 bits per heavy atom. The fourth-order valence-corrected chi connectivity index (χ4v) is 4.19. The predicted octanol–water partition coefficient (Wildman–Crippen LogP) is 5.48. The lowest BCUT2D eigenvalue weighted by Crippen LogP contribution is -2.25. The van der Waals surface area contributed by atoms with Gasteiger partial charge in [-0.2, -0.15) is 0 Å².